The van der Waals surface area contributed by atoms with Crippen LogP contribution in [-0.2, 0) is 0 Å². The second-order valence-corrected chi connectivity index (χ2v) is 3.69. The number of para-hydroxylation sites is 1. The van der Waals surface area contributed by atoms with E-state index in [-0.39, 0.29) is 35.2 Å². The van der Waals surface area contributed by atoms with Crippen LogP contribution in [-0.4, -0.2) is 27.6 Å². The van der Waals surface area contributed by atoms with Gasteiger partial charge in [-0.1, -0.05) is 6.07 Å². The van der Waals surface area contributed by atoms with E-state index in [1.165, 1.54) is 18.2 Å². The molecule has 1 N–H and O–H groups in total. The summed E-state index contributed by atoms with van der Waals surface area (Å²) in [5, 5.41) is 19.8. The topological polar surface area (TPSA) is 116 Å². The second-order valence-electron chi connectivity index (χ2n) is 3.69. The Kier molecular flexibility index (Phi) is 3.65. The van der Waals surface area contributed by atoms with Crippen LogP contribution in [0.15, 0.2) is 28.9 Å². The molecule has 0 fully saturated rings. The van der Waals surface area contributed by atoms with Crippen molar-refractivity contribution < 1.29 is 24.0 Å². The molecular formula is C12H10N2O6. The number of hydrogen-bond donors (Lipinski definition) is 1. The molecule has 20 heavy (non-hydrogen) atoms. The summed E-state index contributed by atoms with van der Waals surface area (Å²) in [6, 6.07) is 4.24. The minimum absolute atomic E-state index is 0.00112. The Morgan fingerprint density at radius 3 is 2.85 bits per heavy atom. The van der Waals surface area contributed by atoms with E-state index in [1.54, 1.807) is 6.92 Å². The number of carboxylic acids is 1. The number of benzene rings is 1. The lowest BCUT2D eigenvalue weighted by Gasteiger charge is -2.07. The third-order valence-corrected chi connectivity index (χ3v) is 2.43. The van der Waals surface area contributed by atoms with Gasteiger partial charge in [-0.2, -0.15) is 0 Å². The van der Waals surface area contributed by atoms with E-state index < -0.39 is 10.9 Å². The van der Waals surface area contributed by atoms with Crippen molar-refractivity contribution in [2.75, 3.05) is 6.61 Å². The normalized spacial score (nSPS) is 10.2. The average Bonchev–Trinajstić information content (AvgIpc) is 2.88. The lowest BCUT2D eigenvalue weighted by molar-refractivity contribution is -0.385. The molecule has 1 aromatic carbocycles. The number of aromatic carboxylic acids is 1. The van der Waals surface area contributed by atoms with Crippen molar-refractivity contribution in [2.24, 2.45) is 0 Å². The van der Waals surface area contributed by atoms with E-state index in [0.717, 1.165) is 6.26 Å². The van der Waals surface area contributed by atoms with Crippen molar-refractivity contribution >= 4 is 11.7 Å². The van der Waals surface area contributed by atoms with Gasteiger partial charge in [-0.05, 0) is 13.0 Å². The van der Waals surface area contributed by atoms with Crippen LogP contribution >= 0.6 is 0 Å². The van der Waals surface area contributed by atoms with E-state index in [9.17, 15) is 14.9 Å². The van der Waals surface area contributed by atoms with Gasteiger partial charge in [0.25, 0.3) is 0 Å². The largest absolute Gasteiger partial charge is 0.487 e. The van der Waals surface area contributed by atoms with Crippen molar-refractivity contribution in [1.82, 2.24) is 4.98 Å². The maximum atomic E-state index is 11.0. The number of nitro benzene ring substituents is 1. The Balaban J connectivity index is 2.57. The summed E-state index contributed by atoms with van der Waals surface area (Å²) in [6.07, 6.45) is 0.965. The second kappa shape index (κ2) is 5.39. The van der Waals surface area contributed by atoms with Crippen LogP contribution in [0.2, 0.25) is 0 Å². The summed E-state index contributed by atoms with van der Waals surface area (Å²) in [5.41, 5.74) is -0.290. The number of nitro groups is 1. The zero-order chi connectivity index (χ0) is 14.7. The van der Waals surface area contributed by atoms with Crippen LogP contribution in [0.1, 0.15) is 17.4 Å². The highest BCUT2D eigenvalue weighted by molar-refractivity contribution is 5.85. The van der Waals surface area contributed by atoms with Gasteiger partial charge in [0.15, 0.2) is 5.69 Å². The van der Waals surface area contributed by atoms with Gasteiger partial charge in [-0.15, -0.1) is 0 Å². The van der Waals surface area contributed by atoms with Gasteiger partial charge in [-0.3, -0.25) is 10.1 Å². The molecule has 1 heterocycles. The molecule has 1 aromatic heterocycles. The molecular weight excluding hydrogens is 268 g/mol. The average molecular weight is 278 g/mol. The molecule has 0 aliphatic rings. The number of oxazole rings is 1. The standard InChI is InChI=1S/C12H10N2O6/c1-2-19-10-7(4-3-5-9(10)14(17)18)11-13-8(6-20-11)12(15)16/h3-6H,2H2,1H3,(H,15,16). The Morgan fingerprint density at radius 2 is 2.30 bits per heavy atom. The lowest BCUT2D eigenvalue weighted by atomic mass is 10.1. The van der Waals surface area contributed by atoms with Crippen molar-refractivity contribution in [3.63, 3.8) is 0 Å². The maximum absolute atomic E-state index is 11.0. The summed E-state index contributed by atoms with van der Waals surface area (Å²) in [6.45, 7) is 1.89. The van der Waals surface area contributed by atoms with E-state index in [4.69, 9.17) is 14.3 Å². The van der Waals surface area contributed by atoms with Crippen LogP contribution in [0.25, 0.3) is 11.5 Å². The number of carboxylic acid groups (broad SMARTS) is 1. The number of hydrogen-bond acceptors (Lipinski definition) is 6. The molecule has 0 radical (unpaired) electrons. The van der Waals surface area contributed by atoms with E-state index in [2.05, 4.69) is 4.98 Å². The third-order valence-electron chi connectivity index (χ3n) is 2.43. The quantitative estimate of drug-likeness (QED) is 0.659. The van der Waals surface area contributed by atoms with Crippen LogP contribution in [0.3, 0.4) is 0 Å². The predicted molar refractivity (Wildman–Crippen MR) is 66.7 cm³/mol. The SMILES string of the molecule is CCOc1c(-c2nc(C(=O)O)co2)cccc1[N+](=O)[O-]. The minimum Gasteiger partial charge on any atom is -0.487 e. The van der Waals surface area contributed by atoms with Gasteiger partial charge < -0.3 is 14.3 Å². The molecule has 2 aromatic rings. The summed E-state index contributed by atoms with van der Waals surface area (Å²) in [5.74, 6) is -1.29. The fraction of sp³-hybridized carbons (Fsp3) is 0.167. The first-order valence-electron chi connectivity index (χ1n) is 5.64. The molecule has 8 nitrogen and oxygen atoms in total. The Hall–Kier alpha value is -2.90. The summed E-state index contributed by atoms with van der Waals surface area (Å²) < 4.78 is 10.3. The summed E-state index contributed by atoms with van der Waals surface area (Å²) >= 11 is 0. The fourth-order valence-corrected chi connectivity index (χ4v) is 1.63. The molecule has 0 spiro atoms. The predicted octanol–water partition coefficient (Wildman–Crippen LogP) is 2.35. The van der Waals surface area contributed by atoms with Crippen LogP contribution < -0.4 is 4.74 Å². The molecule has 0 bridgehead atoms. The minimum atomic E-state index is -1.25. The smallest absolute Gasteiger partial charge is 0.357 e. The first-order valence-corrected chi connectivity index (χ1v) is 5.64. The van der Waals surface area contributed by atoms with Gasteiger partial charge in [0.2, 0.25) is 11.6 Å². The number of carbonyl (C=O) groups is 1. The van der Waals surface area contributed by atoms with Crippen molar-refractivity contribution in [3.05, 3.63) is 40.3 Å². The third kappa shape index (κ3) is 2.44. The van der Waals surface area contributed by atoms with E-state index >= 15 is 0 Å². The molecule has 104 valence electrons. The molecule has 0 saturated heterocycles. The Labute approximate surface area is 112 Å². The van der Waals surface area contributed by atoms with E-state index in [0.29, 0.717) is 0 Å². The highest BCUT2D eigenvalue weighted by Gasteiger charge is 2.23. The van der Waals surface area contributed by atoms with Crippen molar-refractivity contribution in [1.29, 1.82) is 0 Å². The Morgan fingerprint density at radius 1 is 1.55 bits per heavy atom. The van der Waals surface area contributed by atoms with Gasteiger partial charge in [0.1, 0.15) is 6.26 Å². The highest BCUT2D eigenvalue weighted by atomic mass is 16.6. The van der Waals surface area contributed by atoms with Crippen molar-refractivity contribution in [2.45, 2.75) is 6.92 Å². The zero-order valence-electron chi connectivity index (χ0n) is 10.4. The zero-order valence-corrected chi connectivity index (χ0v) is 10.4. The number of rotatable bonds is 5. The monoisotopic (exact) mass is 278 g/mol. The summed E-state index contributed by atoms with van der Waals surface area (Å²) in [7, 11) is 0. The van der Waals surface area contributed by atoms with Gasteiger partial charge in [-0.25, -0.2) is 9.78 Å². The number of ether oxygens (including phenoxy) is 1. The first-order chi connectivity index (χ1) is 9.54. The first kappa shape index (κ1) is 13.5. The molecule has 0 atom stereocenters. The Bertz CT molecular complexity index is 664. The van der Waals surface area contributed by atoms with Gasteiger partial charge >= 0.3 is 11.7 Å². The van der Waals surface area contributed by atoms with Crippen molar-refractivity contribution in [3.8, 4) is 17.2 Å². The molecule has 0 saturated carbocycles. The molecule has 0 unspecified atom stereocenters. The highest BCUT2D eigenvalue weighted by Crippen LogP contribution is 2.37. The molecule has 0 aliphatic heterocycles. The molecule has 8 heteroatoms. The maximum Gasteiger partial charge on any atom is 0.357 e. The fourth-order valence-electron chi connectivity index (χ4n) is 1.63. The number of aromatic nitrogens is 1. The molecule has 2 rings (SSSR count). The van der Waals surface area contributed by atoms with E-state index in [1.807, 2.05) is 0 Å². The van der Waals surface area contributed by atoms with Gasteiger partial charge in [0.05, 0.1) is 17.1 Å². The molecule has 0 amide bonds. The lowest BCUT2D eigenvalue weighted by Crippen LogP contribution is -2.00. The molecule has 0 aliphatic carbocycles. The van der Waals surface area contributed by atoms with Crippen LogP contribution in [0, 0.1) is 10.1 Å². The van der Waals surface area contributed by atoms with Crippen LogP contribution in [0.4, 0.5) is 5.69 Å². The van der Waals surface area contributed by atoms with Crippen LogP contribution in [0.5, 0.6) is 5.75 Å². The van der Waals surface area contributed by atoms with Gasteiger partial charge in [0, 0.05) is 6.07 Å². The summed E-state index contributed by atoms with van der Waals surface area (Å²) in [4.78, 5) is 24.9. The number of nitrogens with zero attached hydrogens (tertiary/aromatic N) is 2.